The van der Waals surface area contributed by atoms with Gasteiger partial charge in [0, 0.05) is 23.9 Å². The normalized spacial score (nSPS) is 15.8. The fraction of sp³-hybridized carbons (Fsp3) is 0.435. The molecule has 0 radical (unpaired) electrons. The number of hydrogen-bond donors (Lipinski definition) is 1. The van der Waals surface area contributed by atoms with E-state index in [0.717, 1.165) is 35.8 Å². The third-order valence-corrected chi connectivity index (χ3v) is 7.48. The molecule has 0 spiro atoms. The van der Waals surface area contributed by atoms with Crippen molar-refractivity contribution in [2.24, 2.45) is 0 Å². The number of aromatic nitrogens is 3. The van der Waals surface area contributed by atoms with Gasteiger partial charge in [-0.3, -0.25) is 4.79 Å². The number of thioether (sulfide) groups is 1. The number of benzene rings is 1. The van der Waals surface area contributed by atoms with Crippen LogP contribution in [0.3, 0.4) is 0 Å². The van der Waals surface area contributed by atoms with Crippen molar-refractivity contribution in [3.8, 4) is 0 Å². The Morgan fingerprint density at radius 2 is 1.97 bits per heavy atom. The van der Waals surface area contributed by atoms with E-state index in [1.165, 1.54) is 35.9 Å². The molecule has 1 aromatic carbocycles. The predicted molar refractivity (Wildman–Crippen MR) is 123 cm³/mol. The number of hydrogen-bond acceptors (Lipinski definition) is 5. The Hall–Kier alpha value is -2.12. The highest BCUT2D eigenvalue weighted by Crippen LogP contribution is 2.34. The quantitative estimate of drug-likeness (QED) is 0.487. The van der Waals surface area contributed by atoms with Crippen LogP contribution in [0.15, 0.2) is 53.0 Å². The average Bonchev–Trinajstić information content (AvgIpc) is 3.44. The van der Waals surface area contributed by atoms with E-state index in [2.05, 4.69) is 37.6 Å². The van der Waals surface area contributed by atoms with Gasteiger partial charge >= 0.3 is 0 Å². The highest BCUT2D eigenvalue weighted by Gasteiger charge is 2.26. The van der Waals surface area contributed by atoms with Crippen LogP contribution in [0.2, 0.25) is 0 Å². The smallest absolute Gasteiger partial charge is 0.233 e. The van der Waals surface area contributed by atoms with Crippen LogP contribution in [0, 0.1) is 0 Å². The summed E-state index contributed by atoms with van der Waals surface area (Å²) in [5, 5.41) is 14.8. The molecule has 1 fully saturated rings. The summed E-state index contributed by atoms with van der Waals surface area (Å²) in [6.07, 6.45) is 6.93. The van der Waals surface area contributed by atoms with Crippen LogP contribution >= 0.6 is 23.1 Å². The summed E-state index contributed by atoms with van der Waals surface area (Å²) in [7, 11) is 0. The minimum Gasteiger partial charge on any atom is -0.351 e. The van der Waals surface area contributed by atoms with Crippen LogP contribution in [0.1, 0.15) is 61.3 Å². The Morgan fingerprint density at radius 3 is 2.70 bits per heavy atom. The fourth-order valence-corrected chi connectivity index (χ4v) is 5.59. The molecular formula is C23H28N4OS2. The Kier molecular flexibility index (Phi) is 7.23. The average molecular weight is 441 g/mol. The molecule has 1 atom stereocenters. The molecular weight excluding hydrogens is 412 g/mol. The van der Waals surface area contributed by atoms with Gasteiger partial charge in [-0.2, -0.15) is 0 Å². The Bertz CT molecular complexity index is 934. The molecule has 1 unspecified atom stereocenters. The van der Waals surface area contributed by atoms with Gasteiger partial charge in [-0.05, 0) is 36.8 Å². The zero-order chi connectivity index (χ0) is 20.8. The van der Waals surface area contributed by atoms with Crippen LogP contribution in [0.4, 0.5) is 0 Å². The van der Waals surface area contributed by atoms with Crippen molar-refractivity contribution in [2.75, 3.05) is 0 Å². The number of nitrogens with one attached hydrogen (secondary N) is 1. The lowest BCUT2D eigenvalue weighted by Gasteiger charge is -2.26. The fourth-order valence-electron chi connectivity index (χ4n) is 3.92. The maximum Gasteiger partial charge on any atom is 0.233 e. The Morgan fingerprint density at radius 1 is 1.17 bits per heavy atom. The van der Waals surface area contributed by atoms with Crippen molar-refractivity contribution in [1.29, 1.82) is 0 Å². The minimum absolute atomic E-state index is 0.0295. The molecule has 1 aliphatic carbocycles. The molecule has 0 saturated heterocycles. The van der Waals surface area contributed by atoms with E-state index in [0.29, 0.717) is 12.6 Å². The first-order valence-electron chi connectivity index (χ1n) is 10.6. The van der Waals surface area contributed by atoms with Crippen LogP contribution in [-0.2, 0) is 17.8 Å². The van der Waals surface area contributed by atoms with Crippen molar-refractivity contribution in [2.45, 2.75) is 68.4 Å². The summed E-state index contributed by atoms with van der Waals surface area (Å²) < 4.78 is 2.32. The zero-order valence-electron chi connectivity index (χ0n) is 17.3. The van der Waals surface area contributed by atoms with E-state index >= 15 is 0 Å². The molecule has 0 aliphatic heterocycles. The number of rotatable bonds is 8. The second-order valence-electron chi connectivity index (χ2n) is 7.78. The van der Waals surface area contributed by atoms with E-state index in [1.54, 1.807) is 11.3 Å². The number of carbonyl (C=O) groups is 1. The first-order chi connectivity index (χ1) is 14.7. The van der Waals surface area contributed by atoms with Crippen LogP contribution in [0.5, 0.6) is 0 Å². The summed E-state index contributed by atoms with van der Waals surface area (Å²) >= 11 is 3.27. The predicted octanol–water partition coefficient (Wildman–Crippen LogP) is 5.23. The van der Waals surface area contributed by atoms with Gasteiger partial charge in [0.25, 0.3) is 0 Å². The lowest BCUT2D eigenvalue weighted by Crippen LogP contribution is -2.30. The minimum atomic E-state index is -0.227. The molecule has 1 amide bonds. The molecule has 7 heteroatoms. The largest absolute Gasteiger partial charge is 0.351 e. The van der Waals surface area contributed by atoms with Crippen molar-refractivity contribution in [3.05, 3.63) is 64.1 Å². The van der Waals surface area contributed by atoms with E-state index in [4.69, 9.17) is 0 Å². The van der Waals surface area contributed by atoms with E-state index < -0.39 is 0 Å². The summed E-state index contributed by atoms with van der Waals surface area (Å²) in [5.74, 6) is 1.05. The van der Waals surface area contributed by atoms with Crippen molar-refractivity contribution in [1.82, 2.24) is 20.1 Å². The molecule has 3 aromatic rings. The van der Waals surface area contributed by atoms with Crippen LogP contribution in [-0.4, -0.2) is 25.9 Å². The van der Waals surface area contributed by atoms with Gasteiger partial charge in [-0.15, -0.1) is 21.5 Å². The van der Waals surface area contributed by atoms with E-state index in [-0.39, 0.29) is 11.2 Å². The summed E-state index contributed by atoms with van der Waals surface area (Å²) in [6, 6.07) is 14.7. The van der Waals surface area contributed by atoms with E-state index in [9.17, 15) is 4.79 Å². The van der Waals surface area contributed by atoms with Gasteiger partial charge < -0.3 is 9.88 Å². The van der Waals surface area contributed by atoms with Gasteiger partial charge in [-0.1, -0.05) is 67.4 Å². The topological polar surface area (TPSA) is 59.8 Å². The first-order valence-corrected chi connectivity index (χ1v) is 12.4. The standard InChI is InChI=1S/C23H28N4OS2/c1-17(22(28)24-16-18-9-4-2-5-10-18)30-23-26-25-21(15-20-13-8-14-29-20)27(23)19-11-6-3-7-12-19/h2,4-5,8-10,13-14,17,19H,3,6-7,11-12,15-16H2,1H3,(H,24,28). The molecule has 4 rings (SSSR count). The molecule has 1 aliphatic rings. The summed E-state index contributed by atoms with van der Waals surface area (Å²) in [6.45, 7) is 2.49. The van der Waals surface area contributed by atoms with Gasteiger partial charge in [0.2, 0.25) is 5.91 Å². The van der Waals surface area contributed by atoms with Crippen molar-refractivity contribution in [3.63, 3.8) is 0 Å². The zero-order valence-corrected chi connectivity index (χ0v) is 18.9. The Balaban J connectivity index is 1.46. The third-order valence-electron chi connectivity index (χ3n) is 5.55. The number of nitrogens with zero attached hydrogens (tertiary/aromatic N) is 3. The van der Waals surface area contributed by atoms with Gasteiger partial charge in [0.05, 0.1) is 5.25 Å². The molecule has 158 valence electrons. The van der Waals surface area contributed by atoms with Gasteiger partial charge in [-0.25, -0.2) is 0 Å². The van der Waals surface area contributed by atoms with E-state index in [1.807, 2.05) is 37.3 Å². The molecule has 2 heterocycles. The lowest BCUT2D eigenvalue weighted by atomic mass is 9.95. The third kappa shape index (κ3) is 5.32. The van der Waals surface area contributed by atoms with Crippen LogP contribution < -0.4 is 5.32 Å². The monoisotopic (exact) mass is 440 g/mol. The lowest BCUT2D eigenvalue weighted by molar-refractivity contribution is -0.120. The maximum absolute atomic E-state index is 12.7. The van der Waals surface area contributed by atoms with Crippen LogP contribution in [0.25, 0.3) is 0 Å². The molecule has 1 N–H and O–H groups in total. The van der Waals surface area contributed by atoms with Crippen molar-refractivity contribution < 1.29 is 4.79 Å². The SMILES string of the molecule is CC(Sc1nnc(Cc2cccs2)n1C1CCCCC1)C(=O)NCc1ccccc1. The highest BCUT2D eigenvalue weighted by molar-refractivity contribution is 8.00. The van der Waals surface area contributed by atoms with Gasteiger partial charge in [0.15, 0.2) is 5.16 Å². The molecule has 30 heavy (non-hydrogen) atoms. The molecule has 5 nitrogen and oxygen atoms in total. The summed E-state index contributed by atoms with van der Waals surface area (Å²) in [4.78, 5) is 14.0. The number of thiophene rings is 1. The number of amides is 1. The number of carbonyl (C=O) groups excluding carboxylic acids is 1. The summed E-state index contributed by atoms with van der Waals surface area (Å²) in [5.41, 5.74) is 1.10. The first kappa shape index (κ1) is 21.1. The molecule has 2 aromatic heterocycles. The Labute approximate surface area is 186 Å². The molecule has 1 saturated carbocycles. The van der Waals surface area contributed by atoms with Crippen molar-refractivity contribution >= 4 is 29.0 Å². The molecule has 0 bridgehead atoms. The highest BCUT2D eigenvalue weighted by atomic mass is 32.2. The van der Waals surface area contributed by atoms with Gasteiger partial charge in [0.1, 0.15) is 5.82 Å². The second-order valence-corrected chi connectivity index (χ2v) is 10.1. The maximum atomic E-state index is 12.7. The second kappa shape index (κ2) is 10.3.